The summed E-state index contributed by atoms with van der Waals surface area (Å²) in [5, 5.41) is 9.66. The first kappa shape index (κ1) is 15.2. The maximum absolute atomic E-state index is 11.9. The van der Waals surface area contributed by atoms with Crippen LogP contribution in [0.5, 0.6) is 0 Å². The molecule has 1 aromatic carbocycles. The lowest BCUT2D eigenvalue weighted by atomic mass is 10.1. The Hall–Kier alpha value is -1.23. The van der Waals surface area contributed by atoms with E-state index in [0.29, 0.717) is 10.9 Å². The zero-order valence-corrected chi connectivity index (χ0v) is 13.9. The molecule has 0 aliphatic rings. The summed E-state index contributed by atoms with van der Waals surface area (Å²) in [6.45, 7) is 0. The van der Waals surface area contributed by atoms with Crippen molar-refractivity contribution in [2.45, 2.75) is 10.1 Å². The molecule has 0 radical (unpaired) electrons. The molecule has 1 aromatic heterocycles. The Morgan fingerprint density at radius 3 is 2.65 bits per heavy atom. The van der Waals surface area contributed by atoms with Crippen LogP contribution in [-0.2, 0) is 0 Å². The lowest BCUT2D eigenvalue weighted by Gasteiger charge is -2.07. The molecular formula is C13H10BrN3OS2. The predicted octanol–water partition coefficient (Wildman–Crippen LogP) is 3.51. The van der Waals surface area contributed by atoms with E-state index in [2.05, 4.69) is 25.9 Å². The number of hydrogen-bond donors (Lipinski definition) is 1. The summed E-state index contributed by atoms with van der Waals surface area (Å²) in [5.74, 6) is 0. The number of rotatable bonds is 3. The Morgan fingerprint density at radius 2 is 2.10 bits per heavy atom. The first-order chi connectivity index (χ1) is 9.60. The lowest BCUT2D eigenvalue weighted by Crippen LogP contribution is -2.14. The van der Waals surface area contributed by atoms with E-state index in [9.17, 15) is 4.79 Å². The molecule has 0 fully saturated rings. The fourth-order valence-corrected chi connectivity index (χ4v) is 3.38. The molecule has 0 unspecified atom stereocenters. The highest BCUT2D eigenvalue weighted by molar-refractivity contribution is 9.10. The quantitative estimate of drug-likeness (QED) is 0.663. The van der Waals surface area contributed by atoms with Crippen molar-refractivity contribution in [2.75, 3.05) is 12.5 Å². The van der Waals surface area contributed by atoms with Crippen molar-refractivity contribution in [1.82, 2.24) is 9.97 Å². The molecule has 0 saturated heterocycles. The summed E-state index contributed by atoms with van der Waals surface area (Å²) in [6.07, 6.45) is 3.80. The minimum Gasteiger partial charge on any atom is -0.300 e. The second-order valence-electron chi connectivity index (χ2n) is 3.76. The predicted molar refractivity (Wildman–Crippen MR) is 86.3 cm³/mol. The highest BCUT2D eigenvalue weighted by Crippen LogP contribution is 2.31. The maximum atomic E-state index is 11.9. The van der Waals surface area contributed by atoms with E-state index >= 15 is 0 Å². The molecule has 0 spiro atoms. The van der Waals surface area contributed by atoms with Gasteiger partial charge in [0.2, 0.25) is 0 Å². The topological polar surface area (TPSA) is 69.5 Å². The Bertz CT molecular complexity index is 752. The van der Waals surface area contributed by atoms with Gasteiger partial charge in [-0.3, -0.25) is 4.79 Å². The Kier molecular flexibility index (Phi) is 4.91. The van der Waals surface area contributed by atoms with Gasteiger partial charge in [0.15, 0.2) is 5.16 Å². The molecule has 7 heteroatoms. The normalized spacial score (nSPS) is 10.3. The summed E-state index contributed by atoms with van der Waals surface area (Å²) in [7, 11) is 0. The molecule has 102 valence electrons. The van der Waals surface area contributed by atoms with Crippen molar-refractivity contribution in [3.05, 3.63) is 38.6 Å². The van der Waals surface area contributed by atoms with Gasteiger partial charge in [-0.2, -0.15) is 5.26 Å². The van der Waals surface area contributed by atoms with Crippen molar-refractivity contribution in [3.8, 4) is 17.3 Å². The summed E-state index contributed by atoms with van der Waals surface area (Å²) < 4.78 is 0.916. The van der Waals surface area contributed by atoms with Gasteiger partial charge in [0, 0.05) is 14.9 Å². The van der Waals surface area contributed by atoms with Crippen LogP contribution in [0.25, 0.3) is 11.3 Å². The number of hydrogen-bond acceptors (Lipinski definition) is 5. The smallest absolute Gasteiger partial charge is 0.270 e. The highest BCUT2D eigenvalue weighted by Gasteiger charge is 2.14. The molecular weight excluding hydrogens is 358 g/mol. The number of nitriles is 1. The molecule has 2 rings (SSSR count). The third kappa shape index (κ3) is 2.92. The van der Waals surface area contributed by atoms with Crippen molar-refractivity contribution >= 4 is 39.5 Å². The molecule has 1 N–H and O–H groups in total. The molecule has 4 nitrogen and oxygen atoms in total. The van der Waals surface area contributed by atoms with Gasteiger partial charge in [-0.1, -0.05) is 17.8 Å². The fourth-order valence-electron chi connectivity index (χ4n) is 1.68. The SMILES string of the molecule is CSc1nc(-c2ccc(SC)c(Br)c2)c(C#N)c(=O)[nH]1. The molecule has 1 heterocycles. The Morgan fingerprint density at radius 1 is 1.35 bits per heavy atom. The van der Waals surface area contributed by atoms with Gasteiger partial charge in [0.25, 0.3) is 5.56 Å². The van der Waals surface area contributed by atoms with E-state index in [-0.39, 0.29) is 5.56 Å². The van der Waals surface area contributed by atoms with Crippen molar-refractivity contribution in [3.63, 3.8) is 0 Å². The van der Waals surface area contributed by atoms with Crippen LogP contribution < -0.4 is 5.56 Å². The number of aromatic nitrogens is 2. The number of halogens is 1. The number of benzene rings is 1. The monoisotopic (exact) mass is 367 g/mol. The van der Waals surface area contributed by atoms with Gasteiger partial charge in [0.05, 0.1) is 5.69 Å². The first-order valence-electron chi connectivity index (χ1n) is 5.53. The minimum absolute atomic E-state index is 0.0339. The van der Waals surface area contributed by atoms with Gasteiger partial charge in [-0.05, 0) is 40.6 Å². The van der Waals surface area contributed by atoms with E-state index in [1.54, 1.807) is 11.8 Å². The second kappa shape index (κ2) is 6.48. The molecule has 0 amide bonds. The number of H-pyrrole nitrogens is 1. The van der Waals surface area contributed by atoms with E-state index in [0.717, 1.165) is 14.9 Å². The van der Waals surface area contributed by atoms with Crippen molar-refractivity contribution in [2.24, 2.45) is 0 Å². The standard InChI is InChI=1S/C13H10BrN3OS2/c1-19-10-4-3-7(5-9(10)14)11-8(6-15)12(18)17-13(16-11)20-2/h3-5H,1-2H3,(H,16,17,18). The van der Waals surface area contributed by atoms with Crippen LogP contribution in [0.15, 0.2) is 37.5 Å². The second-order valence-corrected chi connectivity index (χ2v) is 6.26. The van der Waals surface area contributed by atoms with Crippen LogP contribution >= 0.6 is 39.5 Å². The molecule has 0 atom stereocenters. The molecule has 0 saturated carbocycles. The number of nitrogens with zero attached hydrogens (tertiary/aromatic N) is 2. The van der Waals surface area contributed by atoms with Crippen LogP contribution in [0.4, 0.5) is 0 Å². The van der Waals surface area contributed by atoms with Gasteiger partial charge >= 0.3 is 0 Å². The molecule has 0 bridgehead atoms. The lowest BCUT2D eigenvalue weighted by molar-refractivity contribution is 0.937. The first-order valence-corrected chi connectivity index (χ1v) is 8.77. The van der Waals surface area contributed by atoms with Gasteiger partial charge in [0.1, 0.15) is 11.6 Å². The molecule has 0 aliphatic heterocycles. The van der Waals surface area contributed by atoms with Gasteiger partial charge in [-0.15, -0.1) is 11.8 Å². The number of aromatic amines is 1. The number of nitrogens with one attached hydrogen (secondary N) is 1. The van der Waals surface area contributed by atoms with E-state index in [4.69, 9.17) is 5.26 Å². The van der Waals surface area contributed by atoms with Gasteiger partial charge < -0.3 is 4.98 Å². The largest absolute Gasteiger partial charge is 0.300 e. The minimum atomic E-state index is -0.410. The summed E-state index contributed by atoms with van der Waals surface area (Å²) in [5.41, 5.74) is 0.778. The average molecular weight is 368 g/mol. The third-order valence-electron chi connectivity index (χ3n) is 2.63. The van der Waals surface area contributed by atoms with Gasteiger partial charge in [-0.25, -0.2) is 4.98 Å². The van der Waals surface area contributed by atoms with Crippen LogP contribution in [0.3, 0.4) is 0 Å². The van der Waals surface area contributed by atoms with Crippen LogP contribution in [0.1, 0.15) is 5.56 Å². The zero-order valence-electron chi connectivity index (χ0n) is 10.7. The summed E-state index contributed by atoms with van der Waals surface area (Å²) >= 11 is 6.43. The van der Waals surface area contributed by atoms with E-state index in [1.807, 2.05) is 36.8 Å². The number of thioether (sulfide) groups is 2. The maximum Gasteiger partial charge on any atom is 0.270 e. The van der Waals surface area contributed by atoms with E-state index < -0.39 is 5.56 Å². The Balaban J connectivity index is 2.68. The van der Waals surface area contributed by atoms with Crippen LogP contribution in [0.2, 0.25) is 0 Å². The summed E-state index contributed by atoms with van der Waals surface area (Å²) in [4.78, 5) is 19.9. The van der Waals surface area contributed by atoms with E-state index in [1.165, 1.54) is 11.8 Å². The highest BCUT2D eigenvalue weighted by atomic mass is 79.9. The summed E-state index contributed by atoms with van der Waals surface area (Å²) in [6, 6.07) is 7.60. The Labute approximate surface area is 133 Å². The van der Waals surface area contributed by atoms with Crippen molar-refractivity contribution in [1.29, 1.82) is 5.26 Å². The van der Waals surface area contributed by atoms with Crippen LogP contribution in [-0.4, -0.2) is 22.5 Å². The fraction of sp³-hybridized carbons (Fsp3) is 0.154. The molecule has 20 heavy (non-hydrogen) atoms. The molecule has 0 aliphatic carbocycles. The van der Waals surface area contributed by atoms with Crippen LogP contribution in [0, 0.1) is 11.3 Å². The van der Waals surface area contributed by atoms with Crippen molar-refractivity contribution < 1.29 is 0 Å². The average Bonchev–Trinajstić information content (AvgIpc) is 2.46. The molecule has 2 aromatic rings. The zero-order chi connectivity index (χ0) is 14.7. The third-order valence-corrected chi connectivity index (χ3v) is 4.92.